The molecule has 0 radical (unpaired) electrons. The van der Waals surface area contributed by atoms with E-state index in [1.54, 1.807) is 12.1 Å². The quantitative estimate of drug-likeness (QED) is 0.503. The van der Waals surface area contributed by atoms with Crippen LogP contribution < -0.4 is 20.7 Å². The van der Waals surface area contributed by atoms with Crippen LogP contribution >= 0.6 is 0 Å². The van der Waals surface area contributed by atoms with Crippen molar-refractivity contribution in [3.05, 3.63) is 84.4 Å². The molecular weight excluding hydrogens is 378 g/mol. The Labute approximate surface area is 176 Å². The van der Waals surface area contributed by atoms with Gasteiger partial charge in [-0.15, -0.1) is 0 Å². The van der Waals surface area contributed by atoms with E-state index in [9.17, 15) is 9.59 Å². The maximum absolute atomic E-state index is 13.2. The molecule has 0 aliphatic carbocycles. The molecule has 0 heterocycles. The zero-order valence-electron chi connectivity index (χ0n) is 17.0. The zero-order chi connectivity index (χ0) is 21.3. The molecule has 3 aromatic rings. The Morgan fingerprint density at radius 3 is 2.30 bits per heavy atom. The zero-order valence-corrected chi connectivity index (χ0v) is 17.0. The van der Waals surface area contributed by atoms with E-state index in [-0.39, 0.29) is 11.8 Å². The fourth-order valence-electron chi connectivity index (χ4n) is 3.06. The fraction of sp³-hybridized carbons (Fsp3) is 0.167. The summed E-state index contributed by atoms with van der Waals surface area (Å²) in [6.45, 7) is 3.86. The lowest BCUT2D eigenvalue weighted by atomic mass is 10.1. The van der Waals surface area contributed by atoms with Gasteiger partial charge >= 0.3 is 0 Å². The molecule has 154 valence electrons. The molecule has 1 atom stereocenters. The molecule has 3 aromatic carbocycles. The van der Waals surface area contributed by atoms with Gasteiger partial charge in [0.1, 0.15) is 11.8 Å². The third-order valence-corrected chi connectivity index (χ3v) is 4.33. The van der Waals surface area contributed by atoms with Gasteiger partial charge < -0.3 is 20.7 Å². The standard InChI is InChI=1S/C24H25N3O3/c1-3-30-22-15-8-7-14-21(22)27-24(29)23(18-10-5-4-6-11-18)26-20-13-9-12-19(16-20)25-17(2)28/h4-16,23,26H,3H2,1-2H3,(H,25,28)(H,27,29)/t23-/m0/s1. The second-order valence-corrected chi connectivity index (χ2v) is 6.67. The average molecular weight is 403 g/mol. The third kappa shape index (κ3) is 5.61. The lowest BCUT2D eigenvalue weighted by molar-refractivity contribution is -0.117. The van der Waals surface area contributed by atoms with Crippen molar-refractivity contribution in [2.45, 2.75) is 19.9 Å². The Hall–Kier alpha value is -3.80. The summed E-state index contributed by atoms with van der Waals surface area (Å²) in [6, 6.07) is 23.4. The van der Waals surface area contributed by atoms with Crippen LogP contribution in [0.5, 0.6) is 5.75 Å². The summed E-state index contributed by atoms with van der Waals surface area (Å²) in [4.78, 5) is 24.6. The molecule has 6 nitrogen and oxygen atoms in total. The van der Waals surface area contributed by atoms with Crippen molar-refractivity contribution >= 4 is 28.9 Å². The number of benzene rings is 3. The highest BCUT2D eigenvalue weighted by Gasteiger charge is 2.22. The smallest absolute Gasteiger partial charge is 0.251 e. The highest BCUT2D eigenvalue weighted by molar-refractivity contribution is 5.98. The SMILES string of the molecule is CCOc1ccccc1NC(=O)[C@@H](Nc1cccc(NC(C)=O)c1)c1ccccc1. The summed E-state index contributed by atoms with van der Waals surface area (Å²) in [6.07, 6.45) is 0. The summed E-state index contributed by atoms with van der Waals surface area (Å²) >= 11 is 0. The molecule has 0 bridgehead atoms. The predicted molar refractivity (Wildman–Crippen MR) is 120 cm³/mol. The van der Waals surface area contributed by atoms with Crippen molar-refractivity contribution in [3.8, 4) is 5.75 Å². The number of carbonyl (C=O) groups is 2. The Balaban J connectivity index is 1.87. The van der Waals surface area contributed by atoms with Crippen LogP contribution in [-0.2, 0) is 9.59 Å². The summed E-state index contributed by atoms with van der Waals surface area (Å²) in [5, 5.41) is 8.99. The minimum absolute atomic E-state index is 0.156. The third-order valence-electron chi connectivity index (χ3n) is 4.33. The number of ether oxygens (including phenoxy) is 1. The molecule has 0 fully saturated rings. The fourth-order valence-corrected chi connectivity index (χ4v) is 3.06. The van der Waals surface area contributed by atoms with Gasteiger partial charge in [0.2, 0.25) is 5.91 Å². The average Bonchev–Trinajstić information content (AvgIpc) is 2.74. The van der Waals surface area contributed by atoms with Gasteiger partial charge in [-0.25, -0.2) is 0 Å². The molecule has 3 N–H and O–H groups in total. The predicted octanol–water partition coefficient (Wildman–Crippen LogP) is 4.84. The Bertz CT molecular complexity index is 1010. The molecule has 0 spiro atoms. The van der Waals surface area contributed by atoms with Crippen LogP contribution in [-0.4, -0.2) is 18.4 Å². The van der Waals surface area contributed by atoms with E-state index >= 15 is 0 Å². The first kappa shape index (κ1) is 20.9. The molecule has 3 rings (SSSR count). The number of nitrogens with one attached hydrogen (secondary N) is 3. The van der Waals surface area contributed by atoms with Gasteiger partial charge in [0.15, 0.2) is 0 Å². The first-order valence-electron chi connectivity index (χ1n) is 9.78. The van der Waals surface area contributed by atoms with Crippen LogP contribution in [0.25, 0.3) is 0 Å². The van der Waals surface area contributed by atoms with Gasteiger partial charge in [-0.05, 0) is 42.8 Å². The van der Waals surface area contributed by atoms with Crippen molar-refractivity contribution in [1.82, 2.24) is 0 Å². The van der Waals surface area contributed by atoms with Crippen molar-refractivity contribution < 1.29 is 14.3 Å². The summed E-state index contributed by atoms with van der Waals surface area (Å²) in [5.41, 5.74) is 2.79. The van der Waals surface area contributed by atoms with E-state index in [4.69, 9.17) is 4.74 Å². The van der Waals surface area contributed by atoms with Crippen LogP contribution in [0.1, 0.15) is 25.5 Å². The molecule has 0 saturated carbocycles. The monoisotopic (exact) mass is 403 g/mol. The number of carbonyl (C=O) groups excluding carboxylic acids is 2. The number of anilines is 3. The van der Waals surface area contributed by atoms with Gasteiger partial charge in [0, 0.05) is 18.3 Å². The number of amides is 2. The van der Waals surface area contributed by atoms with Crippen LogP contribution in [0.15, 0.2) is 78.9 Å². The van der Waals surface area contributed by atoms with E-state index in [2.05, 4.69) is 16.0 Å². The molecule has 6 heteroatoms. The molecule has 0 unspecified atom stereocenters. The maximum atomic E-state index is 13.2. The van der Waals surface area contributed by atoms with Gasteiger partial charge in [0.25, 0.3) is 5.91 Å². The van der Waals surface area contributed by atoms with Crippen LogP contribution in [0.4, 0.5) is 17.1 Å². The minimum Gasteiger partial charge on any atom is -0.492 e. The summed E-state index contributed by atoms with van der Waals surface area (Å²) in [5.74, 6) is 0.239. The number of para-hydroxylation sites is 2. The van der Waals surface area contributed by atoms with Crippen molar-refractivity contribution in [1.29, 1.82) is 0 Å². The van der Waals surface area contributed by atoms with E-state index in [0.29, 0.717) is 29.4 Å². The number of hydrogen-bond donors (Lipinski definition) is 3. The maximum Gasteiger partial charge on any atom is 0.251 e. The molecule has 0 saturated heterocycles. The molecule has 0 aliphatic heterocycles. The second-order valence-electron chi connectivity index (χ2n) is 6.67. The van der Waals surface area contributed by atoms with Crippen LogP contribution in [0, 0.1) is 0 Å². The van der Waals surface area contributed by atoms with Crippen molar-refractivity contribution in [2.75, 3.05) is 22.6 Å². The highest BCUT2D eigenvalue weighted by atomic mass is 16.5. The molecular formula is C24H25N3O3. The van der Waals surface area contributed by atoms with Crippen molar-refractivity contribution in [2.24, 2.45) is 0 Å². The summed E-state index contributed by atoms with van der Waals surface area (Å²) < 4.78 is 5.62. The Morgan fingerprint density at radius 1 is 0.867 bits per heavy atom. The first-order chi connectivity index (χ1) is 14.6. The largest absolute Gasteiger partial charge is 0.492 e. The summed E-state index contributed by atoms with van der Waals surface area (Å²) in [7, 11) is 0. The topological polar surface area (TPSA) is 79.5 Å². The van der Waals surface area contributed by atoms with E-state index in [0.717, 1.165) is 5.56 Å². The van der Waals surface area contributed by atoms with Crippen LogP contribution in [0.2, 0.25) is 0 Å². The Kier molecular flexibility index (Phi) is 7.05. The Morgan fingerprint density at radius 2 is 1.57 bits per heavy atom. The molecule has 2 amide bonds. The lowest BCUT2D eigenvalue weighted by Crippen LogP contribution is -2.27. The van der Waals surface area contributed by atoms with E-state index in [1.807, 2.05) is 73.7 Å². The van der Waals surface area contributed by atoms with E-state index < -0.39 is 6.04 Å². The van der Waals surface area contributed by atoms with Gasteiger partial charge in [-0.3, -0.25) is 9.59 Å². The normalized spacial score (nSPS) is 11.3. The van der Waals surface area contributed by atoms with Gasteiger partial charge in [-0.1, -0.05) is 48.5 Å². The van der Waals surface area contributed by atoms with Crippen molar-refractivity contribution in [3.63, 3.8) is 0 Å². The molecule has 0 aliphatic rings. The number of hydrogen-bond acceptors (Lipinski definition) is 4. The van der Waals surface area contributed by atoms with Gasteiger partial charge in [-0.2, -0.15) is 0 Å². The molecule has 0 aromatic heterocycles. The lowest BCUT2D eigenvalue weighted by Gasteiger charge is -2.21. The van der Waals surface area contributed by atoms with Crippen LogP contribution in [0.3, 0.4) is 0 Å². The second kappa shape index (κ2) is 10.1. The molecule has 30 heavy (non-hydrogen) atoms. The minimum atomic E-state index is -0.645. The van der Waals surface area contributed by atoms with Gasteiger partial charge in [0.05, 0.1) is 12.3 Å². The van der Waals surface area contributed by atoms with E-state index in [1.165, 1.54) is 6.92 Å². The highest BCUT2D eigenvalue weighted by Crippen LogP contribution is 2.27. The first-order valence-corrected chi connectivity index (χ1v) is 9.78. The number of rotatable bonds is 8.